The second-order valence-corrected chi connectivity index (χ2v) is 4.56. The number of benzene rings is 1. The molecule has 0 radical (unpaired) electrons. The zero-order valence-electron chi connectivity index (χ0n) is 9.93. The Morgan fingerprint density at radius 3 is 2.65 bits per heavy atom. The Morgan fingerprint density at radius 2 is 2.00 bits per heavy atom. The predicted octanol–water partition coefficient (Wildman–Crippen LogP) is 3.12. The van der Waals surface area contributed by atoms with E-state index in [1.807, 2.05) is 18.2 Å². The van der Waals surface area contributed by atoms with E-state index in [4.69, 9.17) is 0 Å². The van der Waals surface area contributed by atoms with Gasteiger partial charge in [0.2, 0.25) is 0 Å². The van der Waals surface area contributed by atoms with Gasteiger partial charge in [-0.15, -0.1) is 0 Å². The summed E-state index contributed by atoms with van der Waals surface area (Å²) in [5.41, 5.74) is 1.82. The number of hydrogen-bond acceptors (Lipinski definition) is 2. The first-order valence-corrected chi connectivity index (χ1v) is 6.22. The molecule has 1 aromatic rings. The summed E-state index contributed by atoms with van der Waals surface area (Å²) in [5.74, 6) is -0.169. The largest absolute Gasteiger partial charge is 0.385 e. The summed E-state index contributed by atoms with van der Waals surface area (Å²) < 4.78 is 0. The summed E-state index contributed by atoms with van der Waals surface area (Å²) in [6.07, 6.45) is 6.30. The van der Waals surface area contributed by atoms with Crippen molar-refractivity contribution in [2.45, 2.75) is 38.2 Å². The number of carbonyl (C=O) groups excluding carboxylic acids is 1. The van der Waals surface area contributed by atoms with Crippen molar-refractivity contribution in [3.63, 3.8) is 0 Å². The molecule has 17 heavy (non-hydrogen) atoms. The van der Waals surface area contributed by atoms with Crippen molar-refractivity contribution in [3.05, 3.63) is 47.5 Å². The topological polar surface area (TPSA) is 37.3 Å². The smallest absolute Gasteiger partial charge is 0.191 e. The van der Waals surface area contributed by atoms with Crippen LogP contribution in [0.2, 0.25) is 0 Å². The normalized spacial score (nSPS) is 17.4. The zero-order valence-corrected chi connectivity index (χ0v) is 9.93. The lowest BCUT2D eigenvalue weighted by molar-refractivity contribution is 0.0746. The fourth-order valence-electron chi connectivity index (χ4n) is 2.23. The Hall–Kier alpha value is -1.41. The lowest BCUT2D eigenvalue weighted by atomic mass is 9.92. The van der Waals surface area contributed by atoms with Gasteiger partial charge >= 0.3 is 0 Å². The third-order valence-corrected chi connectivity index (χ3v) is 3.20. The third-order valence-electron chi connectivity index (χ3n) is 3.20. The van der Waals surface area contributed by atoms with E-state index in [1.165, 1.54) is 18.4 Å². The molecule has 0 bridgehead atoms. The second-order valence-electron chi connectivity index (χ2n) is 4.56. The molecule has 0 amide bonds. The van der Waals surface area contributed by atoms with Crippen LogP contribution in [-0.2, 0) is 0 Å². The molecule has 1 aromatic carbocycles. The van der Waals surface area contributed by atoms with Crippen LogP contribution in [0.5, 0.6) is 0 Å². The molecule has 0 aromatic heterocycles. The van der Waals surface area contributed by atoms with E-state index in [-0.39, 0.29) is 5.78 Å². The van der Waals surface area contributed by atoms with Crippen LogP contribution in [0.25, 0.3) is 0 Å². The molecular formula is C15H18O2. The van der Waals surface area contributed by atoms with Gasteiger partial charge in [-0.2, -0.15) is 0 Å². The highest BCUT2D eigenvalue weighted by molar-refractivity contribution is 5.99. The van der Waals surface area contributed by atoms with Crippen LogP contribution >= 0.6 is 0 Å². The van der Waals surface area contributed by atoms with Crippen molar-refractivity contribution in [3.8, 4) is 0 Å². The highest BCUT2D eigenvalue weighted by Gasteiger charge is 2.18. The Kier molecular flexibility index (Phi) is 4.10. The summed E-state index contributed by atoms with van der Waals surface area (Å²) in [6, 6.07) is 9.01. The second kappa shape index (κ2) is 5.78. The molecule has 0 spiro atoms. The van der Waals surface area contributed by atoms with Crippen molar-refractivity contribution in [2.24, 2.45) is 0 Å². The van der Waals surface area contributed by atoms with Crippen LogP contribution < -0.4 is 0 Å². The molecule has 0 saturated carbocycles. The maximum absolute atomic E-state index is 11.9. The van der Waals surface area contributed by atoms with Crippen molar-refractivity contribution in [1.29, 1.82) is 0 Å². The number of rotatable bonds is 4. The fraction of sp³-hybridized carbons (Fsp3) is 0.400. The van der Waals surface area contributed by atoms with Crippen LogP contribution in [0.4, 0.5) is 0 Å². The molecule has 0 saturated heterocycles. The molecule has 1 atom stereocenters. The maximum Gasteiger partial charge on any atom is 0.191 e. The molecule has 1 aliphatic rings. The van der Waals surface area contributed by atoms with Crippen LogP contribution in [0.15, 0.2) is 42.0 Å². The lowest BCUT2D eigenvalue weighted by Gasteiger charge is -2.15. The summed E-state index contributed by atoms with van der Waals surface area (Å²) >= 11 is 0. The number of allylic oxidation sites excluding steroid dienone is 1. The number of aliphatic hydroxyl groups excluding tert-OH is 1. The van der Waals surface area contributed by atoms with Gasteiger partial charge in [-0.3, -0.25) is 4.79 Å². The van der Waals surface area contributed by atoms with Gasteiger partial charge in [-0.1, -0.05) is 42.0 Å². The van der Waals surface area contributed by atoms with E-state index in [0.29, 0.717) is 12.0 Å². The lowest BCUT2D eigenvalue weighted by Crippen LogP contribution is -2.21. The first-order chi connectivity index (χ1) is 8.27. The monoisotopic (exact) mass is 230 g/mol. The maximum atomic E-state index is 11.9. The van der Waals surface area contributed by atoms with Gasteiger partial charge in [0, 0.05) is 12.0 Å². The third kappa shape index (κ3) is 3.27. The fourth-order valence-corrected chi connectivity index (χ4v) is 2.23. The number of aliphatic hydroxyl groups is 1. The van der Waals surface area contributed by atoms with Gasteiger partial charge in [0.15, 0.2) is 5.78 Å². The molecule has 0 unspecified atom stereocenters. The standard InChI is InChI=1S/C15H18O2/c16-14(11-12-7-3-1-4-8-12)15(17)13-9-5-2-6-10-13/h2,5-7,9-10,14,16H,1,3-4,8,11H2/t14-/m0/s1. The number of hydrogen-bond donors (Lipinski definition) is 1. The SMILES string of the molecule is O=C(c1ccccc1)[C@@H](O)CC1=CCCCC1. The molecular weight excluding hydrogens is 212 g/mol. The van der Waals surface area contributed by atoms with Crippen molar-refractivity contribution < 1.29 is 9.90 Å². The molecule has 90 valence electrons. The van der Waals surface area contributed by atoms with E-state index < -0.39 is 6.10 Å². The van der Waals surface area contributed by atoms with Crippen molar-refractivity contribution in [1.82, 2.24) is 0 Å². The van der Waals surface area contributed by atoms with E-state index in [1.54, 1.807) is 12.1 Å². The van der Waals surface area contributed by atoms with Crippen molar-refractivity contribution in [2.75, 3.05) is 0 Å². The molecule has 0 fully saturated rings. The Labute approximate surface area is 102 Å². The van der Waals surface area contributed by atoms with Gasteiger partial charge in [-0.05, 0) is 25.7 Å². The Morgan fingerprint density at radius 1 is 1.24 bits per heavy atom. The van der Waals surface area contributed by atoms with E-state index in [2.05, 4.69) is 6.08 Å². The molecule has 0 heterocycles. The van der Waals surface area contributed by atoms with Crippen LogP contribution in [0.1, 0.15) is 42.5 Å². The van der Waals surface area contributed by atoms with Crippen LogP contribution in [0, 0.1) is 0 Å². The molecule has 2 nitrogen and oxygen atoms in total. The quantitative estimate of drug-likeness (QED) is 0.637. The molecule has 0 aliphatic heterocycles. The number of Topliss-reactive ketones (excluding diaryl/α,β-unsaturated/α-hetero) is 1. The van der Waals surface area contributed by atoms with Gasteiger partial charge in [0.1, 0.15) is 6.10 Å². The summed E-state index contributed by atoms with van der Waals surface area (Å²) in [5, 5.41) is 9.93. The first kappa shape index (κ1) is 12.1. The predicted molar refractivity (Wildman–Crippen MR) is 67.9 cm³/mol. The highest BCUT2D eigenvalue weighted by Crippen LogP contribution is 2.22. The number of ketones is 1. The van der Waals surface area contributed by atoms with E-state index in [0.717, 1.165) is 12.8 Å². The van der Waals surface area contributed by atoms with E-state index in [9.17, 15) is 9.90 Å². The summed E-state index contributed by atoms with van der Waals surface area (Å²) in [4.78, 5) is 11.9. The Balaban J connectivity index is 1.98. The Bertz CT molecular complexity index is 406. The minimum atomic E-state index is -0.887. The van der Waals surface area contributed by atoms with Crippen LogP contribution in [0.3, 0.4) is 0 Å². The molecule has 2 rings (SSSR count). The van der Waals surface area contributed by atoms with Gasteiger partial charge < -0.3 is 5.11 Å². The zero-order chi connectivity index (χ0) is 12.1. The minimum absolute atomic E-state index is 0.169. The number of carbonyl (C=O) groups is 1. The first-order valence-electron chi connectivity index (χ1n) is 6.22. The molecule has 1 N–H and O–H groups in total. The summed E-state index contributed by atoms with van der Waals surface area (Å²) in [7, 11) is 0. The average molecular weight is 230 g/mol. The van der Waals surface area contributed by atoms with Gasteiger partial charge in [0.25, 0.3) is 0 Å². The van der Waals surface area contributed by atoms with Gasteiger partial charge in [-0.25, -0.2) is 0 Å². The average Bonchev–Trinajstić information content (AvgIpc) is 2.40. The molecule has 2 heteroatoms. The van der Waals surface area contributed by atoms with E-state index >= 15 is 0 Å². The highest BCUT2D eigenvalue weighted by atomic mass is 16.3. The molecule has 1 aliphatic carbocycles. The van der Waals surface area contributed by atoms with Crippen molar-refractivity contribution >= 4 is 5.78 Å². The summed E-state index contributed by atoms with van der Waals surface area (Å²) in [6.45, 7) is 0. The minimum Gasteiger partial charge on any atom is -0.385 e. The van der Waals surface area contributed by atoms with Crippen LogP contribution in [-0.4, -0.2) is 17.0 Å². The van der Waals surface area contributed by atoms with Gasteiger partial charge in [0.05, 0.1) is 0 Å².